The third-order valence-electron chi connectivity index (χ3n) is 7.21. The van der Waals surface area contributed by atoms with E-state index in [1.165, 1.54) is 6.07 Å². The van der Waals surface area contributed by atoms with Crippen molar-refractivity contribution in [2.45, 2.75) is 69.4 Å². The van der Waals surface area contributed by atoms with E-state index in [0.29, 0.717) is 12.0 Å². The second-order valence-corrected chi connectivity index (χ2v) is 9.43. The molecule has 6 unspecified atom stereocenters. The van der Waals surface area contributed by atoms with Gasteiger partial charge in [-0.15, -0.1) is 0 Å². The number of aliphatic hydroxyl groups excluding tert-OH is 1. The molecule has 2 N–H and O–H groups in total. The highest BCUT2D eigenvalue weighted by Crippen LogP contribution is 2.45. The van der Waals surface area contributed by atoms with E-state index in [-0.39, 0.29) is 40.5 Å². The first-order chi connectivity index (χ1) is 15.6. The Morgan fingerprint density at radius 3 is 2.45 bits per heavy atom. The van der Waals surface area contributed by atoms with Crippen LogP contribution in [0.4, 0.5) is 0 Å². The Morgan fingerprint density at radius 1 is 1.03 bits per heavy atom. The molecule has 33 heavy (non-hydrogen) atoms. The van der Waals surface area contributed by atoms with Gasteiger partial charge < -0.3 is 29.3 Å². The van der Waals surface area contributed by atoms with Gasteiger partial charge in [0.05, 0.1) is 42.0 Å². The van der Waals surface area contributed by atoms with Gasteiger partial charge in [0.1, 0.15) is 11.9 Å². The van der Waals surface area contributed by atoms with Crippen LogP contribution in [0.2, 0.25) is 0 Å². The summed E-state index contributed by atoms with van der Waals surface area (Å²) in [5.41, 5.74) is 0.643. The Bertz CT molecular complexity index is 1090. The highest BCUT2D eigenvalue weighted by atomic mass is 16.6. The predicted octanol–water partition coefficient (Wildman–Crippen LogP) is 1.31. The number of likely N-dealkylation sites (N-methyl/N-ethyl adjacent to an activating group) is 1. The van der Waals surface area contributed by atoms with E-state index in [9.17, 15) is 24.6 Å². The number of Topliss-reactive ketones (excluding diaryl/α,β-unsaturated/α-hetero) is 2. The fourth-order valence-electron chi connectivity index (χ4n) is 5.51. The molecule has 0 bridgehead atoms. The Morgan fingerprint density at radius 2 is 1.76 bits per heavy atom. The fraction of sp³-hybridized carbons (Fsp3) is 0.542. The first kappa shape index (κ1) is 22.2. The van der Waals surface area contributed by atoms with Gasteiger partial charge in [0.2, 0.25) is 0 Å². The molecule has 9 heteroatoms. The Labute approximate surface area is 190 Å². The lowest BCUT2D eigenvalue weighted by Crippen LogP contribution is -2.50. The van der Waals surface area contributed by atoms with Crippen molar-refractivity contribution < 1.29 is 38.8 Å². The fourth-order valence-corrected chi connectivity index (χ4v) is 5.51. The third kappa shape index (κ3) is 3.25. The normalized spacial score (nSPS) is 35.9. The van der Waals surface area contributed by atoms with Crippen LogP contribution in [0.5, 0.6) is 5.75 Å². The smallest absolute Gasteiger partial charge is 0.309 e. The first-order valence-corrected chi connectivity index (χ1v) is 11.1. The van der Waals surface area contributed by atoms with Gasteiger partial charge in [0.15, 0.2) is 17.7 Å². The van der Waals surface area contributed by atoms with E-state index in [4.69, 9.17) is 14.2 Å². The van der Waals surface area contributed by atoms with Crippen molar-refractivity contribution in [1.29, 1.82) is 0 Å². The molecule has 1 aliphatic carbocycles. The maximum Gasteiger partial charge on any atom is 0.309 e. The van der Waals surface area contributed by atoms with E-state index < -0.39 is 54.2 Å². The van der Waals surface area contributed by atoms with Gasteiger partial charge in [-0.05, 0) is 40.4 Å². The number of hydrogen-bond acceptors (Lipinski definition) is 9. The lowest BCUT2D eigenvalue weighted by Gasteiger charge is -2.41. The number of carbonyl (C=O) groups excluding carboxylic acids is 3. The number of nitrogens with zero attached hydrogens (tertiary/aromatic N) is 1. The van der Waals surface area contributed by atoms with Crippen molar-refractivity contribution in [2.75, 3.05) is 14.1 Å². The number of fused-ring (bicyclic) bond motifs is 3. The number of ether oxygens (including phenoxy) is 3. The zero-order chi connectivity index (χ0) is 23.8. The third-order valence-corrected chi connectivity index (χ3v) is 7.21. The Hall–Kier alpha value is -2.59. The molecule has 5 rings (SSSR count). The number of phenolic OH excluding ortho intramolecular Hbond substituents is 1. The highest BCUT2D eigenvalue weighted by Gasteiger charge is 2.51. The van der Waals surface area contributed by atoms with Gasteiger partial charge in [-0.3, -0.25) is 14.4 Å². The van der Waals surface area contributed by atoms with Crippen LogP contribution in [0.25, 0.3) is 0 Å². The number of aliphatic hydroxyl groups is 1. The molecular formula is C24H27NO8. The molecule has 0 aromatic heterocycles. The van der Waals surface area contributed by atoms with E-state index in [0.717, 1.165) is 0 Å². The molecule has 1 aromatic rings. The zero-order valence-electron chi connectivity index (χ0n) is 18.9. The molecule has 4 aliphatic rings. The van der Waals surface area contributed by atoms with Crippen molar-refractivity contribution in [2.24, 2.45) is 0 Å². The van der Waals surface area contributed by atoms with Crippen molar-refractivity contribution in [3.8, 4) is 5.75 Å². The minimum absolute atomic E-state index is 0.0282. The second-order valence-electron chi connectivity index (χ2n) is 9.43. The maximum atomic E-state index is 13.5. The molecule has 0 amide bonds. The number of esters is 1. The Balaban J connectivity index is 1.57. The van der Waals surface area contributed by atoms with Crippen molar-refractivity contribution >= 4 is 17.5 Å². The Kier molecular flexibility index (Phi) is 5.20. The molecule has 0 saturated carbocycles. The summed E-state index contributed by atoms with van der Waals surface area (Å²) in [6.45, 7) is 3.41. The van der Waals surface area contributed by atoms with Gasteiger partial charge in [0, 0.05) is 22.7 Å². The molecule has 0 radical (unpaired) electrons. The number of benzene rings is 1. The number of carbonyl (C=O) groups is 3. The van der Waals surface area contributed by atoms with Crippen LogP contribution in [-0.4, -0.2) is 83.3 Å². The van der Waals surface area contributed by atoms with Gasteiger partial charge in [-0.25, -0.2) is 0 Å². The van der Waals surface area contributed by atoms with Crippen LogP contribution < -0.4 is 0 Å². The minimum atomic E-state index is -0.917. The monoisotopic (exact) mass is 457 g/mol. The second kappa shape index (κ2) is 7.73. The topological polar surface area (TPSA) is 123 Å². The predicted molar refractivity (Wildman–Crippen MR) is 114 cm³/mol. The largest absolute Gasteiger partial charge is 0.507 e. The molecule has 3 heterocycles. The van der Waals surface area contributed by atoms with Crippen LogP contribution in [-0.2, 0) is 19.0 Å². The van der Waals surface area contributed by atoms with Gasteiger partial charge in [-0.1, -0.05) is 6.07 Å². The summed E-state index contributed by atoms with van der Waals surface area (Å²) in [5, 5.41) is 21.7. The molecule has 2 fully saturated rings. The average molecular weight is 457 g/mol. The number of rotatable bonds is 2. The standard InChI is InChI=1S/C24H27NO8/c1-9-17-19(24-15(31-9)8-16(26)33-24)22(29)12-6-5-11(21(28)18(12)23(17)30)14-7-13(25(3)4)20(27)10(2)32-14/h5-6,9-10,13-15,20,24,27-28H,7-8H2,1-4H3/t9-,10?,13?,14?,15?,20?,24?/m1/s1. The van der Waals surface area contributed by atoms with E-state index in [1.54, 1.807) is 19.9 Å². The maximum absolute atomic E-state index is 13.5. The number of aromatic hydroxyl groups is 1. The van der Waals surface area contributed by atoms with Crippen molar-refractivity contribution in [1.82, 2.24) is 4.90 Å². The summed E-state index contributed by atoms with van der Waals surface area (Å²) in [5.74, 6) is -1.74. The molecule has 3 aliphatic heterocycles. The number of hydrogen-bond donors (Lipinski definition) is 2. The summed E-state index contributed by atoms with van der Waals surface area (Å²) < 4.78 is 17.1. The summed E-state index contributed by atoms with van der Waals surface area (Å²) in [4.78, 5) is 40.7. The number of ketones is 2. The van der Waals surface area contributed by atoms with Gasteiger partial charge in [-0.2, -0.15) is 0 Å². The van der Waals surface area contributed by atoms with Crippen LogP contribution in [0.15, 0.2) is 23.3 Å². The minimum Gasteiger partial charge on any atom is -0.507 e. The van der Waals surface area contributed by atoms with E-state index in [2.05, 4.69) is 0 Å². The SMILES string of the molecule is CC1OC(c2ccc3c(c2O)C(=O)C2=C(C3=O)C3OC(=O)CC3O[C@@H]2C)CC(N(C)C)C1O. The van der Waals surface area contributed by atoms with E-state index >= 15 is 0 Å². The van der Waals surface area contributed by atoms with Crippen LogP contribution in [0, 0.1) is 0 Å². The summed E-state index contributed by atoms with van der Waals surface area (Å²) in [6, 6.07) is 2.90. The first-order valence-electron chi connectivity index (χ1n) is 11.1. The molecule has 9 nitrogen and oxygen atoms in total. The zero-order valence-corrected chi connectivity index (χ0v) is 18.9. The van der Waals surface area contributed by atoms with Gasteiger partial charge in [0.25, 0.3) is 0 Å². The average Bonchev–Trinajstić information content (AvgIpc) is 3.12. The quantitative estimate of drug-likeness (QED) is 0.633. The number of phenols is 1. The van der Waals surface area contributed by atoms with Crippen LogP contribution in [0.1, 0.15) is 59.1 Å². The molecule has 1 aromatic carbocycles. The molecule has 0 spiro atoms. The van der Waals surface area contributed by atoms with Crippen molar-refractivity contribution in [3.05, 3.63) is 40.0 Å². The lowest BCUT2D eigenvalue weighted by molar-refractivity contribution is -0.142. The molecule has 7 atom stereocenters. The van der Waals surface area contributed by atoms with Crippen molar-refractivity contribution in [3.63, 3.8) is 0 Å². The lowest BCUT2D eigenvalue weighted by atomic mass is 9.76. The summed E-state index contributed by atoms with van der Waals surface area (Å²) in [6.07, 6.45) is -3.57. The molecule has 176 valence electrons. The van der Waals surface area contributed by atoms with Crippen LogP contribution in [0.3, 0.4) is 0 Å². The van der Waals surface area contributed by atoms with Gasteiger partial charge >= 0.3 is 5.97 Å². The highest BCUT2D eigenvalue weighted by molar-refractivity contribution is 6.29. The molecule has 2 saturated heterocycles. The van der Waals surface area contributed by atoms with E-state index in [1.807, 2.05) is 19.0 Å². The molecular weight excluding hydrogens is 430 g/mol. The summed E-state index contributed by atoms with van der Waals surface area (Å²) in [7, 11) is 3.72. The van der Waals surface area contributed by atoms with Crippen LogP contribution >= 0.6 is 0 Å². The summed E-state index contributed by atoms with van der Waals surface area (Å²) >= 11 is 0.